The number of piperazine rings is 1. The highest BCUT2D eigenvalue weighted by Gasteiger charge is 2.19. The molecule has 2 fully saturated rings. The fourth-order valence-electron chi connectivity index (χ4n) is 3.80. The Balaban J connectivity index is 1.21. The second-order valence-corrected chi connectivity index (χ2v) is 7.27. The molecule has 0 unspecified atom stereocenters. The number of benzene rings is 1. The molecule has 6 nitrogen and oxygen atoms in total. The smallest absolute Gasteiger partial charge is 0.151 e. The van der Waals surface area contributed by atoms with E-state index < -0.39 is 0 Å². The molecule has 0 radical (unpaired) electrons. The van der Waals surface area contributed by atoms with Crippen LogP contribution in [0.2, 0.25) is 0 Å². The van der Waals surface area contributed by atoms with Gasteiger partial charge in [0.15, 0.2) is 11.6 Å². The van der Waals surface area contributed by atoms with Crippen LogP contribution in [0.5, 0.6) is 0 Å². The Kier molecular flexibility index (Phi) is 6.17. The predicted octanol–water partition coefficient (Wildman–Crippen LogP) is 2.07. The molecule has 27 heavy (non-hydrogen) atoms. The maximum Gasteiger partial charge on any atom is 0.151 e. The SMILES string of the molecule is c1ccc(CCCN2CCN(c3ccc(N4CCOCC4)nn3)CC2)cc1. The van der Waals surface area contributed by atoms with Crippen LogP contribution < -0.4 is 9.80 Å². The van der Waals surface area contributed by atoms with Crippen LogP contribution in [0, 0.1) is 0 Å². The van der Waals surface area contributed by atoms with Crippen molar-refractivity contribution in [2.45, 2.75) is 12.8 Å². The van der Waals surface area contributed by atoms with Gasteiger partial charge in [0.1, 0.15) is 0 Å². The van der Waals surface area contributed by atoms with E-state index >= 15 is 0 Å². The number of aromatic nitrogens is 2. The van der Waals surface area contributed by atoms with Crippen molar-refractivity contribution in [2.24, 2.45) is 0 Å². The summed E-state index contributed by atoms with van der Waals surface area (Å²) in [6.07, 6.45) is 2.38. The average Bonchev–Trinajstić information content (AvgIpc) is 2.76. The first-order valence-electron chi connectivity index (χ1n) is 10.1. The van der Waals surface area contributed by atoms with Gasteiger partial charge < -0.3 is 14.5 Å². The lowest BCUT2D eigenvalue weighted by molar-refractivity contribution is 0.122. The van der Waals surface area contributed by atoms with Crippen LogP contribution in [-0.2, 0) is 11.2 Å². The molecule has 144 valence electrons. The van der Waals surface area contributed by atoms with E-state index in [1.54, 1.807) is 0 Å². The molecule has 2 saturated heterocycles. The molecule has 2 aromatic rings. The second kappa shape index (κ2) is 9.15. The number of hydrogen-bond donors (Lipinski definition) is 0. The maximum atomic E-state index is 5.40. The highest BCUT2D eigenvalue weighted by Crippen LogP contribution is 2.17. The molecule has 1 aromatic heterocycles. The number of ether oxygens (including phenoxy) is 1. The van der Waals surface area contributed by atoms with E-state index in [1.807, 2.05) is 0 Å². The molecule has 0 aliphatic carbocycles. The zero-order chi connectivity index (χ0) is 18.3. The molecule has 2 aliphatic rings. The van der Waals surface area contributed by atoms with Crippen LogP contribution in [0.25, 0.3) is 0 Å². The van der Waals surface area contributed by atoms with Crippen LogP contribution in [0.4, 0.5) is 11.6 Å². The van der Waals surface area contributed by atoms with E-state index in [-0.39, 0.29) is 0 Å². The normalized spacial score (nSPS) is 18.7. The molecule has 2 aliphatic heterocycles. The first kappa shape index (κ1) is 18.2. The summed E-state index contributed by atoms with van der Waals surface area (Å²) in [5.41, 5.74) is 1.44. The van der Waals surface area contributed by atoms with Gasteiger partial charge in [-0.15, -0.1) is 10.2 Å². The first-order valence-corrected chi connectivity index (χ1v) is 10.1. The zero-order valence-electron chi connectivity index (χ0n) is 16.0. The molecule has 0 saturated carbocycles. The molecule has 6 heteroatoms. The first-order chi connectivity index (χ1) is 13.4. The van der Waals surface area contributed by atoms with E-state index in [2.05, 4.69) is 67.4 Å². The van der Waals surface area contributed by atoms with Gasteiger partial charge in [0.25, 0.3) is 0 Å². The highest BCUT2D eigenvalue weighted by atomic mass is 16.5. The molecule has 0 atom stereocenters. The molecule has 3 heterocycles. The Hall–Kier alpha value is -2.18. The van der Waals surface area contributed by atoms with Crippen LogP contribution in [-0.4, -0.2) is 74.1 Å². The minimum absolute atomic E-state index is 0.773. The van der Waals surface area contributed by atoms with Crippen molar-refractivity contribution in [1.82, 2.24) is 15.1 Å². The number of aryl methyl sites for hydroxylation is 1. The van der Waals surface area contributed by atoms with E-state index in [0.717, 1.165) is 70.5 Å². The molecule has 0 amide bonds. The van der Waals surface area contributed by atoms with Crippen molar-refractivity contribution in [3.8, 4) is 0 Å². The second-order valence-electron chi connectivity index (χ2n) is 7.27. The van der Waals surface area contributed by atoms with E-state index in [1.165, 1.54) is 18.5 Å². The minimum Gasteiger partial charge on any atom is -0.378 e. The van der Waals surface area contributed by atoms with Crippen LogP contribution in [0.3, 0.4) is 0 Å². The average molecular weight is 367 g/mol. The summed E-state index contributed by atoms with van der Waals surface area (Å²) in [5, 5.41) is 8.92. The number of hydrogen-bond acceptors (Lipinski definition) is 6. The van der Waals surface area contributed by atoms with Gasteiger partial charge in [0.2, 0.25) is 0 Å². The third kappa shape index (κ3) is 4.96. The molecule has 4 rings (SSSR count). The Morgan fingerprint density at radius 2 is 1.37 bits per heavy atom. The molecule has 0 N–H and O–H groups in total. The lowest BCUT2D eigenvalue weighted by atomic mass is 10.1. The van der Waals surface area contributed by atoms with Crippen molar-refractivity contribution in [1.29, 1.82) is 0 Å². The minimum atomic E-state index is 0.773. The van der Waals surface area contributed by atoms with Gasteiger partial charge in [-0.1, -0.05) is 30.3 Å². The van der Waals surface area contributed by atoms with Gasteiger partial charge in [-0.2, -0.15) is 0 Å². The van der Waals surface area contributed by atoms with Crippen molar-refractivity contribution < 1.29 is 4.74 Å². The fraction of sp³-hybridized carbons (Fsp3) is 0.524. The summed E-state index contributed by atoms with van der Waals surface area (Å²) in [4.78, 5) is 7.16. The van der Waals surface area contributed by atoms with Crippen LogP contribution >= 0.6 is 0 Å². The monoisotopic (exact) mass is 367 g/mol. The Labute approximate surface area is 161 Å². The third-order valence-corrected chi connectivity index (χ3v) is 5.45. The largest absolute Gasteiger partial charge is 0.378 e. The standard InChI is InChI=1S/C21H29N5O/c1-2-5-19(6-3-1)7-4-10-24-11-13-25(14-12-24)20-8-9-21(23-22-20)26-15-17-27-18-16-26/h1-3,5-6,8-9H,4,7,10-18H2. The predicted molar refractivity (Wildman–Crippen MR) is 108 cm³/mol. The van der Waals surface area contributed by atoms with Crippen molar-refractivity contribution in [3.63, 3.8) is 0 Å². The Morgan fingerprint density at radius 1 is 0.741 bits per heavy atom. The lowest BCUT2D eigenvalue weighted by Gasteiger charge is -2.35. The topological polar surface area (TPSA) is 44.7 Å². The van der Waals surface area contributed by atoms with Crippen molar-refractivity contribution in [2.75, 3.05) is 68.8 Å². The zero-order valence-corrected chi connectivity index (χ0v) is 16.0. The summed E-state index contributed by atoms with van der Waals surface area (Å²) in [6.45, 7) is 8.76. The van der Waals surface area contributed by atoms with Gasteiger partial charge >= 0.3 is 0 Å². The van der Waals surface area contributed by atoms with E-state index in [9.17, 15) is 0 Å². The lowest BCUT2D eigenvalue weighted by Crippen LogP contribution is -2.47. The molecule has 0 bridgehead atoms. The number of nitrogens with zero attached hydrogens (tertiary/aromatic N) is 5. The molecular formula is C21H29N5O. The fourth-order valence-corrected chi connectivity index (χ4v) is 3.80. The van der Waals surface area contributed by atoms with E-state index in [0.29, 0.717) is 0 Å². The summed E-state index contributed by atoms with van der Waals surface area (Å²) >= 11 is 0. The maximum absolute atomic E-state index is 5.40. The number of anilines is 2. The van der Waals surface area contributed by atoms with Gasteiger partial charge in [-0.3, -0.25) is 4.90 Å². The molecule has 1 aromatic carbocycles. The summed E-state index contributed by atoms with van der Waals surface area (Å²) < 4.78 is 5.40. The van der Waals surface area contributed by atoms with Crippen LogP contribution in [0.15, 0.2) is 42.5 Å². The van der Waals surface area contributed by atoms with Gasteiger partial charge in [-0.05, 0) is 37.1 Å². The quantitative estimate of drug-likeness (QED) is 0.779. The van der Waals surface area contributed by atoms with Gasteiger partial charge in [0, 0.05) is 39.3 Å². The summed E-state index contributed by atoms with van der Waals surface area (Å²) in [5.74, 6) is 1.96. The molecular weight excluding hydrogens is 338 g/mol. The van der Waals surface area contributed by atoms with Crippen LogP contribution in [0.1, 0.15) is 12.0 Å². The summed E-state index contributed by atoms with van der Waals surface area (Å²) in [7, 11) is 0. The van der Waals surface area contributed by atoms with Crippen molar-refractivity contribution >= 4 is 11.6 Å². The number of morpholine rings is 1. The highest BCUT2D eigenvalue weighted by molar-refractivity contribution is 5.45. The number of rotatable bonds is 6. The Morgan fingerprint density at radius 3 is 2.00 bits per heavy atom. The van der Waals surface area contributed by atoms with Gasteiger partial charge in [-0.25, -0.2) is 0 Å². The summed E-state index contributed by atoms with van der Waals surface area (Å²) in [6, 6.07) is 15.0. The van der Waals surface area contributed by atoms with E-state index in [4.69, 9.17) is 4.74 Å². The third-order valence-electron chi connectivity index (χ3n) is 5.45. The molecule has 0 spiro atoms. The Bertz CT molecular complexity index is 679. The van der Waals surface area contributed by atoms with Gasteiger partial charge in [0.05, 0.1) is 13.2 Å². The van der Waals surface area contributed by atoms with Crippen molar-refractivity contribution in [3.05, 3.63) is 48.0 Å².